The standard InChI is InChI=1S/C21H26N6OS2/c1-28-19-6-2-16(3-7-19)20-23-17(13-30-20)12-24-8-10-25(11-9-24)15-27-21(29)26(14-22-27)18-4-5-18/h2-3,6-7,13-14,18H,4-5,8-12,15H2,1H3. The Labute approximate surface area is 185 Å². The van der Waals surface area contributed by atoms with Crippen molar-refractivity contribution in [2.45, 2.75) is 32.1 Å². The van der Waals surface area contributed by atoms with Crippen LogP contribution in [0.1, 0.15) is 24.6 Å². The van der Waals surface area contributed by atoms with E-state index in [1.165, 1.54) is 12.8 Å². The first-order valence-corrected chi connectivity index (χ1v) is 11.7. The van der Waals surface area contributed by atoms with E-state index < -0.39 is 0 Å². The minimum atomic E-state index is 0.587. The minimum absolute atomic E-state index is 0.587. The summed E-state index contributed by atoms with van der Waals surface area (Å²) in [6.07, 6.45) is 4.36. The summed E-state index contributed by atoms with van der Waals surface area (Å²) in [7, 11) is 1.69. The molecule has 1 aromatic carbocycles. The quantitative estimate of drug-likeness (QED) is 0.521. The van der Waals surface area contributed by atoms with Gasteiger partial charge in [0.2, 0.25) is 0 Å². The third-order valence-electron chi connectivity index (χ3n) is 5.77. The van der Waals surface area contributed by atoms with Gasteiger partial charge in [-0.05, 0) is 49.3 Å². The van der Waals surface area contributed by atoms with Gasteiger partial charge in [0.1, 0.15) is 17.1 Å². The molecule has 0 unspecified atom stereocenters. The van der Waals surface area contributed by atoms with E-state index >= 15 is 0 Å². The number of thiazole rings is 1. The summed E-state index contributed by atoms with van der Waals surface area (Å²) in [6.45, 7) is 5.79. The van der Waals surface area contributed by atoms with Crippen LogP contribution < -0.4 is 4.74 Å². The lowest BCUT2D eigenvalue weighted by Crippen LogP contribution is -2.46. The van der Waals surface area contributed by atoms with Gasteiger partial charge in [-0.15, -0.1) is 11.3 Å². The number of benzene rings is 1. The van der Waals surface area contributed by atoms with Crippen molar-refractivity contribution in [3.8, 4) is 16.3 Å². The van der Waals surface area contributed by atoms with Gasteiger partial charge in [0.25, 0.3) is 0 Å². The monoisotopic (exact) mass is 442 g/mol. The fraction of sp³-hybridized carbons (Fsp3) is 0.476. The Morgan fingerprint density at radius 1 is 1.10 bits per heavy atom. The summed E-state index contributed by atoms with van der Waals surface area (Å²) >= 11 is 7.29. The van der Waals surface area contributed by atoms with E-state index in [2.05, 4.69) is 37.0 Å². The minimum Gasteiger partial charge on any atom is -0.497 e. The molecule has 1 aliphatic heterocycles. The van der Waals surface area contributed by atoms with Crippen molar-refractivity contribution in [2.75, 3.05) is 33.3 Å². The van der Waals surface area contributed by atoms with Crippen LogP contribution in [0.3, 0.4) is 0 Å². The second-order valence-corrected chi connectivity index (χ2v) is 9.18. The lowest BCUT2D eigenvalue weighted by Gasteiger charge is -2.34. The molecule has 2 aliphatic rings. The average Bonchev–Trinajstić information content (AvgIpc) is 3.41. The van der Waals surface area contributed by atoms with Crippen LogP contribution in [0.5, 0.6) is 5.75 Å². The molecule has 7 nitrogen and oxygen atoms in total. The Hall–Kier alpha value is -2.07. The number of hydrogen-bond acceptors (Lipinski definition) is 7. The van der Waals surface area contributed by atoms with Crippen molar-refractivity contribution < 1.29 is 4.74 Å². The highest BCUT2D eigenvalue weighted by Crippen LogP contribution is 2.34. The first-order chi connectivity index (χ1) is 14.7. The maximum atomic E-state index is 5.59. The Kier molecular flexibility index (Phi) is 5.68. The van der Waals surface area contributed by atoms with Gasteiger partial charge in [-0.25, -0.2) is 9.67 Å². The summed E-state index contributed by atoms with van der Waals surface area (Å²) < 4.78 is 10.2. The third-order valence-corrected chi connectivity index (χ3v) is 7.13. The van der Waals surface area contributed by atoms with Crippen molar-refractivity contribution in [3.05, 3.63) is 46.4 Å². The molecule has 0 bridgehead atoms. The zero-order chi connectivity index (χ0) is 20.5. The molecule has 0 radical (unpaired) electrons. The smallest absolute Gasteiger partial charge is 0.199 e. The maximum Gasteiger partial charge on any atom is 0.199 e. The van der Waals surface area contributed by atoms with Gasteiger partial charge in [-0.2, -0.15) is 5.10 Å². The molecule has 0 N–H and O–H groups in total. The Morgan fingerprint density at radius 2 is 1.83 bits per heavy atom. The van der Waals surface area contributed by atoms with Crippen LogP contribution in [0.4, 0.5) is 0 Å². The van der Waals surface area contributed by atoms with Crippen LogP contribution in [0.15, 0.2) is 36.0 Å². The molecule has 3 heterocycles. The SMILES string of the molecule is COc1ccc(-c2nc(CN3CCN(Cn4ncn(C5CC5)c4=S)CC3)cs2)cc1. The van der Waals surface area contributed by atoms with Gasteiger partial charge in [0, 0.05) is 49.7 Å². The largest absolute Gasteiger partial charge is 0.497 e. The molecule has 1 aliphatic carbocycles. The van der Waals surface area contributed by atoms with Gasteiger partial charge in [-0.1, -0.05) is 0 Å². The van der Waals surface area contributed by atoms with Crippen LogP contribution in [0.25, 0.3) is 10.6 Å². The summed E-state index contributed by atoms with van der Waals surface area (Å²) in [5.74, 6) is 0.869. The summed E-state index contributed by atoms with van der Waals surface area (Å²) in [6, 6.07) is 8.68. The van der Waals surface area contributed by atoms with Crippen molar-refractivity contribution >= 4 is 23.6 Å². The van der Waals surface area contributed by atoms with E-state index in [0.29, 0.717) is 6.04 Å². The highest BCUT2D eigenvalue weighted by Gasteiger charge is 2.25. The van der Waals surface area contributed by atoms with Gasteiger partial charge in [0.05, 0.1) is 19.5 Å². The zero-order valence-electron chi connectivity index (χ0n) is 17.1. The predicted octanol–water partition coefficient (Wildman–Crippen LogP) is 3.66. The Morgan fingerprint density at radius 3 is 2.53 bits per heavy atom. The number of hydrogen-bond donors (Lipinski definition) is 0. The Bertz CT molecular complexity index is 1040. The normalized spacial score (nSPS) is 18.0. The van der Waals surface area contributed by atoms with Crippen LogP contribution >= 0.6 is 23.6 Å². The van der Waals surface area contributed by atoms with E-state index in [-0.39, 0.29) is 0 Å². The van der Waals surface area contributed by atoms with Crippen molar-refractivity contribution in [1.82, 2.24) is 29.1 Å². The summed E-state index contributed by atoms with van der Waals surface area (Å²) in [5, 5.41) is 7.74. The molecule has 3 aromatic rings. The molecule has 9 heteroatoms. The molecule has 0 atom stereocenters. The predicted molar refractivity (Wildman–Crippen MR) is 120 cm³/mol. The van der Waals surface area contributed by atoms with Crippen LogP contribution in [-0.2, 0) is 13.2 Å². The molecule has 1 saturated carbocycles. The molecule has 2 aromatic heterocycles. The zero-order valence-corrected chi connectivity index (χ0v) is 18.7. The van der Waals surface area contributed by atoms with Crippen LogP contribution in [0.2, 0.25) is 0 Å². The number of piperazine rings is 1. The van der Waals surface area contributed by atoms with Crippen LogP contribution in [-0.4, -0.2) is 62.4 Å². The van der Waals surface area contributed by atoms with Crippen molar-refractivity contribution in [2.24, 2.45) is 0 Å². The molecule has 1 saturated heterocycles. The number of methoxy groups -OCH3 is 1. The fourth-order valence-corrected chi connectivity index (χ4v) is 4.92. The molecule has 158 valence electrons. The molecular weight excluding hydrogens is 416 g/mol. The lowest BCUT2D eigenvalue weighted by atomic mass is 10.2. The van der Waals surface area contributed by atoms with Crippen LogP contribution in [0, 0.1) is 4.77 Å². The fourth-order valence-electron chi connectivity index (χ4n) is 3.80. The second kappa shape index (κ2) is 8.58. The number of ether oxygens (including phenoxy) is 1. The topological polar surface area (TPSA) is 51.4 Å². The van der Waals surface area contributed by atoms with Gasteiger partial charge in [0.15, 0.2) is 4.77 Å². The first-order valence-electron chi connectivity index (χ1n) is 10.4. The summed E-state index contributed by atoms with van der Waals surface area (Å²) in [5.41, 5.74) is 2.28. The molecular formula is C21H26N6OS2. The number of aromatic nitrogens is 4. The van der Waals surface area contributed by atoms with Gasteiger partial charge < -0.3 is 9.30 Å². The molecule has 30 heavy (non-hydrogen) atoms. The molecule has 0 spiro atoms. The second-order valence-electron chi connectivity index (χ2n) is 7.96. The summed E-state index contributed by atoms with van der Waals surface area (Å²) in [4.78, 5) is 9.75. The van der Waals surface area contributed by atoms with E-state index in [9.17, 15) is 0 Å². The van der Waals surface area contributed by atoms with Gasteiger partial charge >= 0.3 is 0 Å². The van der Waals surface area contributed by atoms with E-state index in [1.807, 2.05) is 23.1 Å². The van der Waals surface area contributed by atoms with E-state index in [0.717, 1.165) is 66.2 Å². The molecule has 2 fully saturated rings. The third kappa shape index (κ3) is 4.34. The Balaban J connectivity index is 1.14. The van der Waals surface area contributed by atoms with Crippen molar-refractivity contribution in [3.63, 3.8) is 0 Å². The maximum absolute atomic E-state index is 5.59. The van der Waals surface area contributed by atoms with Gasteiger partial charge in [-0.3, -0.25) is 9.80 Å². The van der Waals surface area contributed by atoms with E-state index in [4.69, 9.17) is 21.9 Å². The lowest BCUT2D eigenvalue weighted by molar-refractivity contribution is 0.0973. The highest BCUT2D eigenvalue weighted by atomic mass is 32.1. The number of nitrogens with zero attached hydrogens (tertiary/aromatic N) is 6. The molecule has 0 amide bonds. The average molecular weight is 443 g/mol. The van der Waals surface area contributed by atoms with Crippen molar-refractivity contribution in [1.29, 1.82) is 0 Å². The highest BCUT2D eigenvalue weighted by molar-refractivity contribution is 7.71. The van der Waals surface area contributed by atoms with E-state index in [1.54, 1.807) is 18.4 Å². The first kappa shape index (κ1) is 19.9. The molecule has 5 rings (SSSR count). The number of rotatable bonds is 7.